The molecule has 14 nitrogen and oxygen atoms in total. The number of methoxy groups -OCH3 is 2. The van der Waals surface area contributed by atoms with Gasteiger partial charge in [0.05, 0.1) is 56.4 Å². The van der Waals surface area contributed by atoms with Gasteiger partial charge in [-0.3, -0.25) is 14.6 Å². The number of aliphatic hydroxyl groups is 2. The first-order chi connectivity index (χ1) is 29.3. The molecular weight excluding hydrogens is 791 g/mol. The summed E-state index contributed by atoms with van der Waals surface area (Å²) in [5, 5.41) is 29.1. The molecule has 4 aliphatic carbocycles. The van der Waals surface area contributed by atoms with Crippen molar-refractivity contribution in [1.82, 2.24) is 25.1 Å². The number of carbonyl (C=O) groups is 3. The minimum absolute atomic E-state index is 0.0356. The highest BCUT2D eigenvalue weighted by molar-refractivity contribution is 6.02. The lowest BCUT2D eigenvalue weighted by Gasteiger charge is -2.67. The van der Waals surface area contributed by atoms with Crippen LogP contribution in [0.25, 0.3) is 11.7 Å². The minimum atomic E-state index is -1.20. The minimum Gasteiger partial charge on any atom is -0.495 e. The molecule has 0 radical (unpaired) electrons. The van der Waals surface area contributed by atoms with Crippen LogP contribution in [-0.4, -0.2) is 86.4 Å². The second-order valence-electron chi connectivity index (χ2n) is 19.5. The van der Waals surface area contributed by atoms with Gasteiger partial charge in [-0.25, -0.2) is 9.97 Å². The van der Waals surface area contributed by atoms with Gasteiger partial charge in [-0.05, 0) is 117 Å². The standard InChI is InChI=1S/C40H56N4O7.C7H9NO.CH4O/c1-23(2)31-27(46)18-39(35-44-43-34(51-35)33-41-20-26(49-9)21-42-33)16-12-29-38(8)14-10-24(3)37(7,28(38)13-17-40(29,48)32(31)39)15-11-25(4)50-30(47)19-36(5,6)22-45;1-6-3-4-7(9-2)5-8-6;1-2/h20-25,28-29,48H,10-19H2,1-9H3;3-5H,1-2H3;2H,1H3. The molecule has 0 spiro atoms. The van der Waals surface area contributed by atoms with Crippen molar-refractivity contribution in [3.05, 3.63) is 53.5 Å². The molecule has 3 fully saturated rings. The van der Waals surface area contributed by atoms with Crippen LogP contribution in [0.15, 0.2) is 46.3 Å². The molecule has 14 heteroatoms. The van der Waals surface area contributed by atoms with Crippen molar-refractivity contribution in [1.29, 1.82) is 0 Å². The van der Waals surface area contributed by atoms with Gasteiger partial charge < -0.3 is 33.6 Å². The summed E-state index contributed by atoms with van der Waals surface area (Å²) < 4.78 is 22.2. The summed E-state index contributed by atoms with van der Waals surface area (Å²) in [5.74, 6) is 2.47. The number of esters is 1. The number of fused-ring (bicyclic) bond motifs is 5. The summed E-state index contributed by atoms with van der Waals surface area (Å²) in [6, 6.07) is 3.81. The molecule has 62 heavy (non-hydrogen) atoms. The zero-order chi connectivity index (χ0) is 45.8. The van der Waals surface area contributed by atoms with Crippen LogP contribution in [0, 0.1) is 46.8 Å². The van der Waals surface area contributed by atoms with Crippen molar-refractivity contribution in [3.63, 3.8) is 0 Å². The van der Waals surface area contributed by atoms with E-state index in [0.29, 0.717) is 41.9 Å². The average Bonchev–Trinajstić information content (AvgIpc) is 3.87. The lowest BCUT2D eigenvalue weighted by atomic mass is 9.39. The number of hydrogen-bond acceptors (Lipinski definition) is 14. The fourth-order valence-electron chi connectivity index (χ4n) is 11.5. The van der Waals surface area contributed by atoms with Crippen LogP contribution >= 0.6 is 0 Å². The quantitative estimate of drug-likeness (QED) is 0.131. The number of ketones is 1. The van der Waals surface area contributed by atoms with Crippen molar-refractivity contribution in [3.8, 4) is 23.2 Å². The monoisotopic (exact) mass is 860 g/mol. The maximum atomic E-state index is 14.0. The van der Waals surface area contributed by atoms with Crippen molar-refractivity contribution >= 4 is 18.0 Å². The molecule has 0 bridgehead atoms. The average molecular weight is 860 g/mol. The molecule has 340 valence electrons. The van der Waals surface area contributed by atoms with E-state index in [1.165, 1.54) is 0 Å². The summed E-state index contributed by atoms with van der Waals surface area (Å²) >= 11 is 0. The third-order valence-corrected chi connectivity index (χ3v) is 14.8. The van der Waals surface area contributed by atoms with Crippen LogP contribution in [-0.2, 0) is 24.5 Å². The normalized spacial score (nSPS) is 29.5. The second kappa shape index (κ2) is 19.0. The fraction of sp³-hybridized carbons (Fsp3) is 0.667. The number of carbonyl (C=O) groups excluding carboxylic acids is 3. The Labute approximate surface area is 367 Å². The number of nitrogens with zero attached hydrogens (tertiary/aromatic N) is 5. The molecule has 4 aliphatic rings. The van der Waals surface area contributed by atoms with E-state index in [0.717, 1.165) is 68.9 Å². The molecular formula is C48H69N5O9. The largest absolute Gasteiger partial charge is 0.495 e. The number of aliphatic hydroxyl groups excluding tert-OH is 1. The Balaban J connectivity index is 0.000000581. The van der Waals surface area contributed by atoms with E-state index in [9.17, 15) is 19.5 Å². The molecule has 0 amide bonds. The van der Waals surface area contributed by atoms with Gasteiger partial charge in [0.15, 0.2) is 11.5 Å². The van der Waals surface area contributed by atoms with Crippen LogP contribution in [0.4, 0.5) is 0 Å². The molecule has 8 atom stereocenters. The number of ether oxygens (including phenoxy) is 3. The Kier molecular flexibility index (Phi) is 14.9. The van der Waals surface area contributed by atoms with Gasteiger partial charge in [0.1, 0.15) is 12.0 Å². The number of allylic oxidation sites excluding steroid dienone is 1. The Morgan fingerprint density at radius 3 is 2.19 bits per heavy atom. The van der Waals surface area contributed by atoms with Crippen molar-refractivity contribution in [2.45, 2.75) is 144 Å². The van der Waals surface area contributed by atoms with Crippen LogP contribution in [0.1, 0.15) is 131 Å². The van der Waals surface area contributed by atoms with Crippen LogP contribution in [0.5, 0.6) is 11.5 Å². The van der Waals surface area contributed by atoms with Gasteiger partial charge in [0, 0.05) is 30.2 Å². The second-order valence-corrected chi connectivity index (χ2v) is 19.5. The number of aryl methyl sites for hydroxylation is 1. The van der Waals surface area contributed by atoms with E-state index < -0.39 is 16.4 Å². The molecule has 0 aromatic carbocycles. The number of Topliss-reactive ketones (excluding diaryl/α,β-unsaturated/α-hetero) is 1. The van der Waals surface area contributed by atoms with E-state index in [2.05, 4.69) is 45.9 Å². The van der Waals surface area contributed by atoms with E-state index in [1.54, 1.807) is 46.7 Å². The number of hydrogen-bond donors (Lipinski definition) is 2. The Morgan fingerprint density at radius 2 is 1.60 bits per heavy atom. The topological polar surface area (TPSA) is 197 Å². The maximum Gasteiger partial charge on any atom is 0.307 e. The summed E-state index contributed by atoms with van der Waals surface area (Å²) in [5.41, 5.74) is -0.512. The van der Waals surface area contributed by atoms with E-state index in [1.807, 2.05) is 39.8 Å². The van der Waals surface area contributed by atoms with Crippen molar-refractivity contribution < 1.29 is 43.2 Å². The van der Waals surface area contributed by atoms with Gasteiger partial charge in [0.25, 0.3) is 5.89 Å². The van der Waals surface area contributed by atoms with E-state index in [-0.39, 0.29) is 65.1 Å². The summed E-state index contributed by atoms with van der Waals surface area (Å²) in [6.45, 7) is 18.6. The molecule has 3 saturated carbocycles. The van der Waals surface area contributed by atoms with Crippen molar-refractivity contribution in [2.24, 2.45) is 39.9 Å². The molecule has 0 saturated heterocycles. The maximum absolute atomic E-state index is 14.0. The highest BCUT2D eigenvalue weighted by atomic mass is 16.5. The Morgan fingerprint density at radius 1 is 0.952 bits per heavy atom. The van der Waals surface area contributed by atoms with Gasteiger partial charge >= 0.3 is 5.97 Å². The molecule has 0 aliphatic heterocycles. The van der Waals surface area contributed by atoms with Gasteiger partial charge in [0.2, 0.25) is 11.7 Å². The van der Waals surface area contributed by atoms with Gasteiger partial charge in [-0.2, -0.15) is 0 Å². The highest BCUT2D eigenvalue weighted by Gasteiger charge is 2.69. The molecule has 3 aromatic heterocycles. The van der Waals surface area contributed by atoms with Gasteiger partial charge in [-0.15, -0.1) is 10.2 Å². The van der Waals surface area contributed by atoms with E-state index in [4.69, 9.17) is 23.7 Å². The predicted molar refractivity (Wildman–Crippen MR) is 233 cm³/mol. The summed E-state index contributed by atoms with van der Waals surface area (Å²) in [4.78, 5) is 50.7. The third kappa shape index (κ3) is 9.23. The number of pyridine rings is 1. The first kappa shape index (κ1) is 48.5. The fourth-order valence-corrected chi connectivity index (χ4v) is 11.5. The SMILES string of the molecule is CO.COc1ccc(C)nc1.COc1cnc(-c2nnc(C34CCC5C(O)(CCC6C(C)(CCC(C)OC(=O)CC(C)(C)C=O)C(C)CCC56C)C3=C(C(C)C)C(=O)C4)o2)nc1. The van der Waals surface area contributed by atoms with E-state index >= 15 is 0 Å². The van der Waals surface area contributed by atoms with Crippen LogP contribution < -0.4 is 9.47 Å². The Bertz CT molecular complexity index is 2070. The molecule has 3 aromatic rings. The van der Waals surface area contributed by atoms with Gasteiger partial charge in [-0.1, -0.05) is 48.5 Å². The van der Waals surface area contributed by atoms with Crippen LogP contribution in [0.2, 0.25) is 0 Å². The number of aldehydes is 1. The molecule has 3 heterocycles. The summed E-state index contributed by atoms with van der Waals surface area (Å²) in [6.07, 6.45) is 12.0. The smallest absolute Gasteiger partial charge is 0.307 e. The summed E-state index contributed by atoms with van der Waals surface area (Å²) in [7, 11) is 4.18. The van der Waals surface area contributed by atoms with Crippen molar-refractivity contribution in [2.75, 3.05) is 21.3 Å². The molecule has 7 rings (SSSR count). The first-order valence-electron chi connectivity index (χ1n) is 22.0. The third-order valence-electron chi connectivity index (χ3n) is 14.8. The lowest BCUT2D eigenvalue weighted by Crippen LogP contribution is -2.64. The highest BCUT2D eigenvalue weighted by Crippen LogP contribution is 2.71. The molecule has 8 unspecified atom stereocenters. The van der Waals surface area contributed by atoms with Crippen LogP contribution in [0.3, 0.4) is 0 Å². The zero-order valence-corrected chi connectivity index (χ0v) is 38.9. The first-order valence-corrected chi connectivity index (χ1v) is 22.0. The predicted octanol–water partition coefficient (Wildman–Crippen LogP) is 8.03. The Hall–Kier alpha value is -4.56. The molecule has 2 N–H and O–H groups in total. The number of aromatic nitrogens is 5. The zero-order valence-electron chi connectivity index (χ0n) is 38.9. The lowest BCUT2D eigenvalue weighted by molar-refractivity contribution is -0.194. The number of rotatable bonds is 12.